The minimum absolute atomic E-state index is 0.00597. The second-order valence-corrected chi connectivity index (χ2v) is 5.56. The summed E-state index contributed by atoms with van der Waals surface area (Å²) in [6, 6.07) is 9.27. The molecule has 0 spiro atoms. The van der Waals surface area contributed by atoms with Crippen LogP contribution in [-0.2, 0) is 6.61 Å². The van der Waals surface area contributed by atoms with E-state index in [2.05, 4.69) is 0 Å². The highest BCUT2D eigenvalue weighted by Gasteiger charge is 2.15. The summed E-state index contributed by atoms with van der Waals surface area (Å²) in [4.78, 5) is 10.9. The molecule has 0 radical (unpaired) electrons. The molecule has 0 unspecified atom stereocenters. The number of ether oxygens (including phenoxy) is 1. The number of aromatic carboxylic acids is 1. The molecule has 22 heavy (non-hydrogen) atoms. The van der Waals surface area contributed by atoms with Crippen molar-refractivity contribution >= 4 is 27.4 Å². The molecule has 112 valence electrons. The second-order valence-electron chi connectivity index (χ2n) is 4.62. The van der Waals surface area contributed by atoms with E-state index in [9.17, 15) is 14.3 Å². The maximum Gasteiger partial charge on any atom is 0.338 e. The number of rotatable bonds is 4. The van der Waals surface area contributed by atoms with Gasteiger partial charge in [0, 0.05) is 15.6 Å². The SMILES string of the molecule is O=C(O)c1cccc(COc2ccc3sccc3c2O)c1F. The molecule has 0 aliphatic heterocycles. The lowest BCUT2D eigenvalue weighted by Crippen LogP contribution is -2.06. The molecule has 0 saturated carbocycles. The van der Waals surface area contributed by atoms with Crippen LogP contribution < -0.4 is 4.74 Å². The number of carboxylic acids is 1. The highest BCUT2D eigenvalue weighted by atomic mass is 32.1. The molecule has 0 saturated heterocycles. The number of benzene rings is 2. The summed E-state index contributed by atoms with van der Waals surface area (Å²) in [5.74, 6) is -1.94. The highest BCUT2D eigenvalue weighted by molar-refractivity contribution is 7.17. The van der Waals surface area contributed by atoms with Gasteiger partial charge in [-0.1, -0.05) is 12.1 Å². The smallest absolute Gasteiger partial charge is 0.338 e. The maximum atomic E-state index is 14.0. The molecule has 1 heterocycles. The van der Waals surface area contributed by atoms with E-state index in [1.165, 1.54) is 29.5 Å². The molecule has 3 aromatic rings. The number of phenols is 1. The van der Waals surface area contributed by atoms with Crippen LogP contribution in [0.4, 0.5) is 4.39 Å². The fraction of sp³-hybridized carbons (Fsp3) is 0.0625. The van der Waals surface area contributed by atoms with Gasteiger partial charge in [-0.15, -0.1) is 11.3 Å². The number of thiophene rings is 1. The summed E-state index contributed by atoms with van der Waals surface area (Å²) in [6.07, 6.45) is 0. The van der Waals surface area contributed by atoms with Crippen molar-refractivity contribution in [3.63, 3.8) is 0 Å². The van der Waals surface area contributed by atoms with Gasteiger partial charge in [0.1, 0.15) is 12.4 Å². The topological polar surface area (TPSA) is 66.8 Å². The van der Waals surface area contributed by atoms with Gasteiger partial charge in [0.25, 0.3) is 0 Å². The normalized spacial score (nSPS) is 10.8. The third kappa shape index (κ3) is 2.48. The minimum atomic E-state index is -1.33. The van der Waals surface area contributed by atoms with Crippen LogP contribution in [0.5, 0.6) is 11.5 Å². The molecule has 0 bridgehead atoms. The summed E-state index contributed by atoms with van der Waals surface area (Å²) in [5.41, 5.74) is -0.289. The Kier molecular flexibility index (Phi) is 3.68. The Bertz CT molecular complexity index is 856. The standard InChI is InChI=1S/C16H11FO4S/c17-14-9(2-1-3-11(14)16(19)20)8-21-12-4-5-13-10(15(12)18)6-7-22-13/h1-7,18H,8H2,(H,19,20). The minimum Gasteiger partial charge on any atom is -0.504 e. The van der Waals surface area contributed by atoms with Crippen LogP contribution in [0.2, 0.25) is 0 Å². The molecule has 2 aromatic carbocycles. The predicted molar refractivity (Wildman–Crippen MR) is 81.2 cm³/mol. The molecule has 1 aromatic heterocycles. The fourth-order valence-corrected chi connectivity index (χ4v) is 2.93. The van der Waals surface area contributed by atoms with Crippen LogP contribution in [0.1, 0.15) is 15.9 Å². The van der Waals surface area contributed by atoms with Gasteiger partial charge in [-0.05, 0) is 29.6 Å². The van der Waals surface area contributed by atoms with E-state index < -0.39 is 17.3 Å². The molecule has 0 aliphatic carbocycles. The first kappa shape index (κ1) is 14.3. The average Bonchev–Trinajstić information content (AvgIpc) is 2.97. The molecule has 3 rings (SSSR count). The first-order valence-electron chi connectivity index (χ1n) is 6.40. The number of fused-ring (bicyclic) bond motifs is 1. The van der Waals surface area contributed by atoms with Crippen molar-refractivity contribution in [3.8, 4) is 11.5 Å². The highest BCUT2D eigenvalue weighted by Crippen LogP contribution is 2.37. The van der Waals surface area contributed by atoms with E-state index in [4.69, 9.17) is 9.84 Å². The van der Waals surface area contributed by atoms with E-state index in [1.54, 1.807) is 18.2 Å². The van der Waals surface area contributed by atoms with Crippen molar-refractivity contribution in [1.29, 1.82) is 0 Å². The Hall–Kier alpha value is -2.60. The van der Waals surface area contributed by atoms with E-state index in [-0.39, 0.29) is 23.7 Å². The van der Waals surface area contributed by atoms with E-state index in [1.807, 2.05) is 5.38 Å². The van der Waals surface area contributed by atoms with E-state index in [0.717, 1.165) is 4.70 Å². The number of phenolic OH excluding ortho intramolecular Hbond substituents is 1. The van der Waals surface area contributed by atoms with Crippen LogP contribution in [-0.4, -0.2) is 16.2 Å². The largest absolute Gasteiger partial charge is 0.504 e. The van der Waals surface area contributed by atoms with Gasteiger partial charge in [0.05, 0.1) is 5.56 Å². The van der Waals surface area contributed by atoms with Crippen LogP contribution in [0, 0.1) is 5.82 Å². The van der Waals surface area contributed by atoms with Crippen molar-refractivity contribution in [2.75, 3.05) is 0 Å². The Morgan fingerprint density at radius 3 is 2.82 bits per heavy atom. The van der Waals surface area contributed by atoms with Crippen LogP contribution in [0.15, 0.2) is 41.8 Å². The summed E-state index contributed by atoms with van der Waals surface area (Å²) >= 11 is 1.49. The zero-order valence-electron chi connectivity index (χ0n) is 11.2. The molecule has 6 heteroatoms. The lowest BCUT2D eigenvalue weighted by molar-refractivity contribution is 0.0691. The monoisotopic (exact) mass is 318 g/mol. The average molecular weight is 318 g/mol. The fourth-order valence-electron chi connectivity index (χ4n) is 2.14. The van der Waals surface area contributed by atoms with Gasteiger partial charge in [-0.3, -0.25) is 0 Å². The lowest BCUT2D eigenvalue weighted by Gasteiger charge is -2.10. The zero-order chi connectivity index (χ0) is 15.7. The van der Waals surface area contributed by atoms with Gasteiger partial charge in [-0.2, -0.15) is 0 Å². The first-order valence-corrected chi connectivity index (χ1v) is 7.28. The molecular weight excluding hydrogens is 307 g/mol. The molecule has 0 fully saturated rings. The summed E-state index contributed by atoms with van der Waals surface area (Å²) in [5, 5.41) is 21.5. The third-order valence-electron chi connectivity index (χ3n) is 3.26. The first-order chi connectivity index (χ1) is 10.6. The summed E-state index contributed by atoms with van der Waals surface area (Å²) in [7, 11) is 0. The Balaban J connectivity index is 1.87. The van der Waals surface area contributed by atoms with Crippen LogP contribution in [0.3, 0.4) is 0 Å². The molecule has 0 amide bonds. The number of aromatic hydroxyl groups is 1. The van der Waals surface area contributed by atoms with Gasteiger partial charge in [0.15, 0.2) is 11.5 Å². The third-order valence-corrected chi connectivity index (χ3v) is 4.14. The van der Waals surface area contributed by atoms with Crippen molar-refractivity contribution in [1.82, 2.24) is 0 Å². The Morgan fingerprint density at radius 2 is 2.05 bits per heavy atom. The van der Waals surface area contributed by atoms with Gasteiger partial charge >= 0.3 is 5.97 Å². The molecule has 0 aliphatic rings. The number of carboxylic acid groups (broad SMARTS) is 1. The lowest BCUT2D eigenvalue weighted by atomic mass is 10.1. The van der Waals surface area contributed by atoms with Crippen molar-refractivity contribution in [2.45, 2.75) is 6.61 Å². The number of carbonyl (C=O) groups is 1. The Labute approximate surface area is 129 Å². The zero-order valence-corrected chi connectivity index (χ0v) is 12.1. The quantitative estimate of drug-likeness (QED) is 0.762. The molecule has 4 nitrogen and oxygen atoms in total. The number of halogens is 1. The summed E-state index contributed by atoms with van der Waals surface area (Å²) < 4.78 is 20.4. The van der Waals surface area contributed by atoms with Gasteiger partial charge in [0.2, 0.25) is 0 Å². The van der Waals surface area contributed by atoms with Gasteiger partial charge in [-0.25, -0.2) is 9.18 Å². The predicted octanol–water partition coefficient (Wildman–Crippen LogP) is 4.02. The van der Waals surface area contributed by atoms with Crippen LogP contribution in [0.25, 0.3) is 10.1 Å². The molecular formula is C16H11FO4S. The molecule has 2 N–H and O–H groups in total. The van der Waals surface area contributed by atoms with Crippen molar-refractivity contribution in [3.05, 3.63) is 58.7 Å². The second kappa shape index (κ2) is 5.65. The Morgan fingerprint density at radius 1 is 1.23 bits per heavy atom. The van der Waals surface area contributed by atoms with E-state index >= 15 is 0 Å². The van der Waals surface area contributed by atoms with Crippen molar-refractivity contribution < 1.29 is 24.1 Å². The summed E-state index contributed by atoms with van der Waals surface area (Å²) in [6.45, 7) is -0.170. The number of hydrogen-bond acceptors (Lipinski definition) is 4. The van der Waals surface area contributed by atoms with E-state index in [0.29, 0.717) is 5.39 Å². The maximum absolute atomic E-state index is 14.0. The van der Waals surface area contributed by atoms with Crippen molar-refractivity contribution in [2.24, 2.45) is 0 Å². The van der Waals surface area contributed by atoms with Gasteiger partial charge < -0.3 is 14.9 Å². The van der Waals surface area contributed by atoms with Crippen LogP contribution >= 0.6 is 11.3 Å². The molecule has 0 atom stereocenters. The number of hydrogen-bond donors (Lipinski definition) is 2.